The summed E-state index contributed by atoms with van der Waals surface area (Å²) in [6.07, 6.45) is 5.14. The van der Waals surface area contributed by atoms with Crippen molar-refractivity contribution in [1.29, 1.82) is 0 Å². The van der Waals surface area contributed by atoms with Crippen LogP contribution in [-0.4, -0.2) is 43.2 Å². The molecule has 1 fully saturated rings. The summed E-state index contributed by atoms with van der Waals surface area (Å²) >= 11 is 6.20. The monoisotopic (exact) mass is 443 g/mol. The number of nitrogens with zero attached hydrogens (tertiary/aromatic N) is 5. The van der Waals surface area contributed by atoms with E-state index in [0.29, 0.717) is 34.7 Å². The fourth-order valence-corrected chi connectivity index (χ4v) is 4.24. The number of pyridine rings is 1. The van der Waals surface area contributed by atoms with Gasteiger partial charge in [0, 0.05) is 42.1 Å². The zero-order chi connectivity index (χ0) is 20.1. The van der Waals surface area contributed by atoms with Crippen LogP contribution in [0, 0.1) is 0 Å². The summed E-state index contributed by atoms with van der Waals surface area (Å²) in [6, 6.07) is 8.89. The predicted octanol–water partition coefficient (Wildman–Crippen LogP) is 3.58. The number of aryl methyl sites for hydroxylation is 1. The fraction of sp³-hybridized carbons (Fsp3) is 0.238. The summed E-state index contributed by atoms with van der Waals surface area (Å²) in [4.78, 5) is 32.7. The lowest BCUT2D eigenvalue weighted by Crippen LogP contribution is -2.32. The lowest BCUT2D eigenvalue weighted by Gasteiger charge is -2.16. The summed E-state index contributed by atoms with van der Waals surface area (Å²) in [6.45, 7) is 1.40. The number of aromatic nitrogens is 4. The highest BCUT2D eigenvalue weighted by atomic mass is 35.5. The van der Waals surface area contributed by atoms with E-state index in [4.69, 9.17) is 11.6 Å². The van der Waals surface area contributed by atoms with E-state index < -0.39 is 0 Å². The molecule has 0 saturated carbocycles. The minimum absolute atomic E-state index is 0. The molecule has 30 heavy (non-hydrogen) atoms. The van der Waals surface area contributed by atoms with E-state index in [9.17, 15) is 9.59 Å². The van der Waals surface area contributed by atoms with E-state index in [1.165, 1.54) is 4.68 Å². The van der Waals surface area contributed by atoms with Crippen molar-refractivity contribution in [3.63, 3.8) is 0 Å². The summed E-state index contributed by atoms with van der Waals surface area (Å²) in [7, 11) is 1.81. The number of hydrogen-bond donors (Lipinski definition) is 0. The molecule has 1 aliphatic rings. The average Bonchev–Trinajstić information content (AvgIpc) is 3.36. The van der Waals surface area contributed by atoms with Gasteiger partial charge in [0.05, 0.1) is 17.4 Å². The molecule has 0 N–H and O–H groups in total. The molecule has 0 radical (unpaired) electrons. The fourth-order valence-electron chi connectivity index (χ4n) is 4.07. The number of carbonyl (C=O) groups excluding carboxylic acids is 1. The zero-order valence-corrected chi connectivity index (χ0v) is 17.8. The molecular formula is C21H19Cl2N5O2. The molecule has 9 heteroatoms. The number of amides is 1. The van der Waals surface area contributed by atoms with Gasteiger partial charge in [0.2, 0.25) is 0 Å². The number of rotatable bonds is 2. The van der Waals surface area contributed by atoms with Gasteiger partial charge in [-0.3, -0.25) is 14.6 Å². The Bertz CT molecular complexity index is 1320. The van der Waals surface area contributed by atoms with Crippen LogP contribution in [0.25, 0.3) is 27.5 Å². The highest BCUT2D eigenvalue weighted by molar-refractivity contribution is 6.31. The largest absolute Gasteiger partial charge is 0.339 e. The maximum absolute atomic E-state index is 13.4. The van der Waals surface area contributed by atoms with Gasteiger partial charge >= 0.3 is 0 Å². The molecule has 1 aliphatic heterocycles. The third kappa shape index (κ3) is 3.05. The van der Waals surface area contributed by atoms with Crippen LogP contribution in [-0.2, 0) is 7.05 Å². The molecule has 0 unspecified atom stereocenters. The average molecular weight is 444 g/mol. The lowest BCUT2D eigenvalue weighted by molar-refractivity contribution is 0.0787. The first-order valence-corrected chi connectivity index (χ1v) is 9.84. The van der Waals surface area contributed by atoms with Gasteiger partial charge in [-0.1, -0.05) is 17.7 Å². The first-order chi connectivity index (χ1) is 14.1. The molecule has 3 aromatic heterocycles. The number of carbonyl (C=O) groups is 1. The SMILES string of the molecule is Cl.Cn1c2cc(Cl)ccc2c2c(C(=O)N3CCCC3)nn(-c3cccnc3)c(=O)c21. The van der Waals surface area contributed by atoms with Crippen LogP contribution in [0.3, 0.4) is 0 Å². The van der Waals surface area contributed by atoms with Crippen LogP contribution in [0.2, 0.25) is 5.02 Å². The highest BCUT2D eigenvalue weighted by Crippen LogP contribution is 2.31. The van der Waals surface area contributed by atoms with Crippen LogP contribution in [0.1, 0.15) is 23.3 Å². The van der Waals surface area contributed by atoms with E-state index in [2.05, 4.69) is 10.1 Å². The Kier molecular flexibility index (Phi) is 5.26. The van der Waals surface area contributed by atoms with Gasteiger partial charge < -0.3 is 9.47 Å². The molecule has 154 valence electrons. The second kappa shape index (κ2) is 7.74. The molecular weight excluding hydrogens is 425 g/mol. The van der Waals surface area contributed by atoms with Crippen molar-refractivity contribution in [2.45, 2.75) is 12.8 Å². The Labute approximate surface area is 183 Å². The summed E-state index contributed by atoms with van der Waals surface area (Å²) in [5.41, 5.74) is 1.69. The molecule has 1 aromatic carbocycles. The smallest absolute Gasteiger partial charge is 0.296 e. The van der Waals surface area contributed by atoms with Crippen LogP contribution >= 0.6 is 24.0 Å². The third-order valence-corrected chi connectivity index (χ3v) is 5.72. The molecule has 5 rings (SSSR count). The van der Waals surface area contributed by atoms with Crippen molar-refractivity contribution >= 4 is 51.7 Å². The van der Waals surface area contributed by atoms with Crippen molar-refractivity contribution in [1.82, 2.24) is 24.2 Å². The minimum Gasteiger partial charge on any atom is -0.339 e. The number of benzene rings is 1. The second-order valence-corrected chi connectivity index (χ2v) is 7.66. The highest BCUT2D eigenvalue weighted by Gasteiger charge is 2.28. The standard InChI is InChI=1S/C21H18ClN5O2.ClH/c1-25-16-11-13(22)6-7-15(16)17-18(20(28)26-9-2-3-10-26)24-27(21(29)19(17)25)14-5-4-8-23-12-14;/h4-8,11-12H,2-3,9-10H2,1H3;1H. The number of halogens is 2. The minimum atomic E-state index is -0.305. The Hall–Kier alpha value is -2.90. The van der Waals surface area contributed by atoms with Gasteiger partial charge in [0.25, 0.3) is 11.5 Å². The molecule has 0 bridgehead atoms. The summed E-state index contributed by atoms with van der Waals surface area (Å²) in [5, 5.41) is 6.45. The number of likely N-dealkylation sites (tertiary alicyclic amines) is 1. The molecule has 0 aliphatic carbocycles. The molecule has 0 spiro atoms. The lowest BCUT2D eigenvalue weighted by atomic mass is 10.1. The predicted molar refractivity (Wildman–Crippen MR) is 119 cm³/mol. The maximum atomic E-state index is 13.4. The molecule has 0 atom stereocenters. The molecule has 4 heterocycles. The van der Waals surface area contributed by atoms with E-state index in [1.54, 1.807) is 53.2 Å². The third-order valence-electron chi connectivity index (χ3n) is 5.48. The Balaban J connectivity index is 0.00000218. The first kappa shape index (κ1) is 20.4. The number of fused-ring (bicyclic) bond motifs is 3. The molecule has 7 nitrogen and oxygen atoms in total. The summed E-state index contributed by atoms with van der Waals surface area (Å²) < 4.78 is 3.05. The topological polar surface area (TPSA) is 73.0 Å². The van der Waals surface area contributed by atoms with Crippen molar-refractivity contribution in [2.75, 3.05) is 13.1 Å². The Morgan fingerprint density at radius 2 is 1.93 bits per heavy atom. The quantitative estimate of drug-likeness (QED) is 0.474. The normalized spacial score (nSPS) is 13.7. The van der Waals surface area contributed by atoms with Crippen molar-refractivity contribution in [3.8, 4) is 5.69 Å². The van der Waals surface area contributed by atoms with Crippen molar-refractivity contribution in [2.24, 2.45) is 7.05 Å². The van der Waals surface area contributed by atoms with Gasteiger partial charge in [-0.25, -0.2) is 0 Å². The number of hydrogen-bond acceptors (Lipinski definition) is 4. The van der Waals surface area contributed by atoms with Crippen LogP contribution in [0.4, 0.5) is 0 Å². The van der Waals surface area contributed by atoms with Crippen LogP contribution in [0.5, 0.6) is 0 Å². The Morgan fingerprint density at radius 1 is 1.17 bits per heavy atom. The first-order valence-electron chi connectivity index (χ1n) is 9.47. The van der Waals surface area contributed by atoms with Crippen molar-refractivity contribution in [3.05, 3.63) is 63.8 Å². The van der Waals surface area contributed by atoms with Crippen LogP contribution < -0.4 is 5.56 Å². The maximum Gasteiger partial charge on any atom is 0.296 e. The van der Waals surface area contributed by atoms with E-state index >= 15 is 0 Å². The van der Waals surface area contributed by atoms with Gasteiger partial charge in [-0.15, -0.1) is 12.4 Å². The van der Waals surface area contributed by atoms with E-state index in [-0.39, 0.29) is 29.6 Å². The van der Waals surface area contributed by atoms with E-state index in [0.717, 1.165) is 23.7 Å². The van der Waals surface area contributed by atoms with Crippen molar-refractivity contribution < 1.29 is 4.79 Å². The van der Waals surface area contributed by atoms with Gasteiger partial charge in [-0.2, -0.15) is 9.78 Å². The second-order valence-electron chi connectivity index (χ2n) is 7.22. The molecule has 4 aromatic rings. The summed E-state index contributed by atoms with van der Waals surface area (Å²) in [5.74, 6) is -0.160. The Morgan fingerprint density at radius 3 is 2.63 bits per heavy atom. The van der Waals surface area contributed by atoms with Gasteiger partial charge in [0.1, 0.15) is 5.52 Å². The van der Waals surface area contributed by atoms with Gasteiger partial charge in [-0.05, 0) is 37.1 Å². The molecule has 1 saturated heterocycles. The zero-order valence-electron chi connectivity index (χ0n) is 16.2. The van der Waals surface area contributed by atoms with Gasteiger partial charge in [0.15, 0.2) is 5.69 Å². The molecule has 1 amide bonds. The van der Waals surface area contributed by atoms with E-state index in [1.807, 2.05) is 6.07 Å². The van der Waals surface area contributed by atoms with Crippen LogP contribution in [0.15, 0.2) is 47.5 Å².